The zero-order valence-electron chi connectivity index (χ0n) is 13.8. The molecule has 0 radical (unpaired) electrons. The van der Waals surface area contributed by atoms with Crippen LogP contribution in [0.2, 0.25) is 0 Å². The van der Waals surface area contributed by atoms with E-state index in [4.69, 9.17) is 0 Å². The first-order chi connectivity index (χ1) is 12.1. The Hall–Kier alpha value is -2.98. The molecule has 11 heteroatoms. The van der Waals surface area contributed by atoms with Crippen LogP contribution in [0.3, 0.4) is 0 Å². The summed E-state index contributed by atoms with van der Waals surface area (Å²) in [6.45, 7) is 2.06. The summed E-state index contributed by atoms with van der Waals surface area (Å²) in [4.78, 5) is 23.5. The lowest BCUT2D eigenvalue weighted by molar-refractivity contribution is -0.153. The van der Waals surface area contributed by atoms with E-state index in [1.54, 1.807) is 0 Å². The fraction of sp³-hybridized carbons (Fsp3) is 0.333. The molecule has 1 amide bonds. The summed E-state index contributed by atoms with van der Waals surface area (Å²) in [5, 5.41) is 5.20. The quantitative estimate of drug-likeness (QED) is 0.598. The molecule has 0 spiro atoms. The molecule has 26 heavy (non-hydrogen) atoms. The lowest BCUT2D eigenvalue weighted by Gasteiger charge is -2.14. The lowest BCUT2D eigenvalue weighted by Crippen LogP contribution is -2.21. The molecule has 0 saturated heterocycles. The van der Waals surface area contributed by atoms with Gasteiger partial charge in [0.25, 0.3) is 5.91 Å². The van der Waals surface area contributed by atoms with E-state index in [0.29, 0.717) is 6.07 Å². The third-order valence-electron chi connectivity index (χ3n) is 2.78. The van der Waals surface area contributed by atoms with Gasteiger partial charge in [-0.05, 0) is 19.9 Å². The number of halogens is 4. The summed E-state index contributed by atoms with van der Waals surface area (Å²) in [5.74, 6) is -2.09. The van der Waals surface area contributed by atoms with Crippen molar-refractivity contribution in [2.45, 2.75) is 26.1 Å². The normalized spacial score (nSPS) is 11.3. The highest BCUT2D eigenvalue weighted by atomic mass is 19.4. The molecule has 0 aromatic carbocycles. The molecule has 0 unspecified atom stereocenters. The summed E-state index contributed by atoms with van der Waals surface area (Å²) in [5.41, 5.74) is -0.271. The van der Waals surface area contributed by atoms with Crippen LogP contribution in [0, 0.1) is 5.95 Å². The molecule has 7 nitrogen and oxygen atoms in total. The van der Waals surface area contributed by atoms with Gasteiger partial charge in [0, 0.05) is 18.3 Å². The van der Waals surface area contributed by atoms with Gasteiger partial charge in [0.15, 0.2) is 6.61 Å². The number of pyridine rings is 1. The van der Waals surface area contributed by atoms with Gasteiger partial charge in [-0.2, -0.15) is 17.6 Å². The molecule has 0 aliphatic heterocycles. The van der Waals surface area contributed by atoms with E-state index in [0.717, 1.165) is 6.20 Å². The van der Waals surface area contributed by atoms with E-state index in [1.807, 2.05) is 13.8 Å². The first kappa shape index (κ1) is 19.3. The van der Waals surface area contributed by atoms with Crippen molar-refractivity contribution in [3.8, 4) is 5.75 Å². The first-order valence-electron chi connectivity index (χ1n) is 7.40. The van der Waals surface area contributed by atoms with Crippen LogP contribution in [-0.2, 0) is 0 Å². The van der Waals surface area contributed by atoms with Crippen molar-refractivity contribution in [2.24, 2.45) is 0 Å². The Morgan fingerprint density at radius 2 is 2.04 bits per heavy atom. The van der Waals surface area contributed by atoms with Crippen molar-refractivity contribution in [3.05, 3.63) is 36.2 Å². The topological polar surface area (TPSA) is 89.0 Å². The maximum atomic E-state index is 13.2. The Bertz CT molecular complexity index is 783. The highest BCUT2D eigenvalue weighted by Gasteiger charge is 2.29. The number of anilines is 2. The molecule has 2 heterocycles. The van der Waals surface area contributed by atoms with Crippen molar-refractivity contribution in [1.82, 2.24) is 15.0 Å². The SMILES string of the molecule is CC(C)Nc1nccc(C(=O)Nc2cnc(F)cc2OCC(F)(F)F)n1. The van der Waals surface area contributed by atoms with Crippen molar-refractivity contribution in [2.75, 3.05) is 17.2 Å². The highest BCUT2D eigenvalue weighted by molar-refractivity contribution is 6.03. The molecule has 140 valence electrons. The third-order valence-corrected chi connectivity index (χ3v) is 2.78. The number of carbonyl (C=O) groups excluding carboxylic acids is 1. The summed E-state index contributed by atoms with van der Waals surface area (Å²) in [6, 6.07) is 1.98. The predicted molar refractivity (Wildman–Crippen MR) is 84.5 cm³/mol. The molecule has 0 aliphatic carbocycles. The first-order valence-corrected chi connectivity index (χ1v) is 7.40. The number of nitrogens with zero attached hydrogens (tertiary/aromatic N) is 3. The number of amides is 1. The zero-order chi connectivity index (χ0) is 19.3. The van der Waals surface area contributed by atoms with E-state index in [2.05, 4.69) is 30.3 Å². The molecule has 2 rings (SSSR count). The van der Waals surface area contributed by atoms with Crippen LogP contribution < -0.4 is 15.4 Å². The standard InChI is InChI=1S/C15H15F4N5O2/c1-8(2)22-14-20-4-3-9(24-14)13(25)23-10-6-21-12(16)5-11(10)26-7-15(17,18)19/h3-6,8H,7H2,1-2H3,(H,23,25)(H,20,22,24). The van der Waals surface area contributed by atoms with Crippen molar-refractivity contribution < 1.29 is 27.1 Å². The van der Waals surface area contributed by atoms with Gasteiger partial charge in [0.1, 0.15) is 17.1 Å². The van der Waals surface area contributed by atoms with Crippen molar-refractivity contribution in [1.29, 1.82) is 0 Å². The maximum Gasteiger partial charge on any atom is 0.422 e. The van der Waals surface area contributed by atoms with Gasteiger partial charge in [-0.15, -0.1) is 0 Å². The number of rotatable bonds is 6. The second-order valence-electron chi connectivity index (χ2n) is 5.43. The molecule has 0 saturated carbocycles. The molecule has 0 aliphatic rings. The van der Waals surface area contributed by atoms with Crippen LogP contribution in [0.1, 0.15) is 24.3 Å². The van der Waals surface area contributed by atoms with Crippen LogP contribution in [0.25, 0.3) is 0 Å². The summed E-state index contributed by atoms with van der Waals surface area (Å²) in [6.07, 6.45) is -2.42. The van der Waals surface area contributed by atoms with Crippen molar-refractivity contribution >= 4 is 17.5 Å². The Kier molecular flexibility index (Phi) is 5.90. The second-order valence-corrected chi connectivity index (χ2v) is 5.43. The van der Waals surface area contributed by atoms with E-state index >= 15 is 0 Å². The predicted octanol–water partition coefficient (Wildman–Crippen LogP) is 3.02. The van der Waals surface area contributed by atoms with Gasteiger partial charge in [-0.3, -0.25) is 4.79 Å². The number of nitrogens with one attached hydrogen (secondary N) is 2. The molecule has 2 N–H and O–H groups in total. The van der Waals surface area contributed by atoms with Gasteiger partial charge in [0.05, 0.1) is 6.20 Å². The van der Waals surface area contributed by atoms with E-state index in [-0.39, 0.29) is 23.4 Å². The van der Waals surface area contributed by atoms with Crippen LogP contribution >= 0.6 is 0 Å². The summed E-state index contributed by atoms with van der Waals surface area (Å²) < 4.78 is 54.6. The van der Waals surface area contributed by atoms with Crippen molar-refractivity contribution in [3.63, 3.8) is 0 Å². The molecule has 2 aromatic rings. The van der Waals surface area contributed by atoms with Gasteiger partial charge < -0.3 is 15.4 Å². The number of hydrogen-bond donors (Lipinski definition) is 2. The number of hydrogen-bond acceptors (Lipinski definition) is 6. The maximum absolute atomic E-state index is 13.2. The Morgan fingerprint density at radius 3 is 2.69 bits per heavy atom. The fourth-order valence-electron chi connectivity index (χ4n) is 1.79. The molecule has 2 aromatic heterocycles. The monoisotopic (exact) mass is 373 g/mol. The third kappa shape index (κ3) is 5.83. The smallest absolute Gasteiger partial charge is 0.422 e. The van der Waals surface area contributed by atoms with E-state index in [9.17, 15) is 22.4 Å². The minimum absolute atomic E-state index is 0.0250. The van der Waals surface area contributed by atoms with E-state index < -0.39 is 30.4 Å². The van der Waals surface area contributed by atoms with Gasteiger partial charge in [-0.25, -0.2) is 15.0 Å². The Balaban J connectivity index is 2.18. The average Bonchev–Trinajstić information content (AvgIpc) is 2.54. The minimum atomic E-state index is -4.62. The number of alkyl halides is 3. The van der Waals surface area contributed by atoms with Gasteiger partial charge in [0.2, 0.25) is 11.9 Å². The largest absolute Gasteiger partial charge is 0.482 e. The lowest BCUT2D eigenvalue weighted by atomic mass is 10.3. The minimum Gasteiger partial charge on any atom is -0.482 e. The summed E-state index contributed by atoms with van der Waals surface area (Å²) >= 11 is 0. The van der Waals surface area contributed by atoms with Gasteiger partial charge in [-0.1, -0.05) is 0 Å². The molecular weight excluding hydrogens is 358 g/mol. The highest BCUT2D eigenvalue weighted by Crippen LogP contribution is 2.27. The van der Waals surface area contributed by atoms with Crippen LogP contribution in [-0.4, -0.2) is 39.7 Å². The Morgan fingerprint density at radius 1 is 1.31 bits per heavy atom. The molecule has 0 fully saturated rings. The number of aromatic nitrogens is 3. The molecular formula is C15H15F4N5O2. The fourth-order valence-corrected chi connectivity index (χ4v) is 1.79. The summed E-state index contributed by atoms with van der Waals surface area (Å²) in [7, 11) is 0. The molecule has 0 bridgehead atoms. The van der Waals surface area contributed by atoms with Crippen LogP contribution in [0.4, 0.5) is 29.2 Å². The van der Waals surface area contributed by atoms with Gasteiger partial charge >= 0.3 is 6.18 Å². The second kappa shape index (κ2) is 7.93. The van der Waals surface area contributed by atoms with Crippen LogP contribution in [0.15, 0.2) is 24.5 Å². The number of ether oxygens (including phenoxy) is 1. The average molecular weight is 373 g/mol. The van der Waals surface area contributed by atoms with E-state index in [1.165, 1.54) is 12.3 Å². The zero-order valence-corrected chi connectivity index (χ0v) is 13.8. The number of carbonyl (C=O) groups is 1. The Labute approximate surface area is 145 Å². The van der Waals surface area contributed by atoms with Crippen LogP contribution in [0.5, 0.6) is 5.75 Å². The molecule has 0 atom stereocenters.